The van der Waals surface area contributed by atoms with Gasteiger partial charge in [-0.2, -0.15) is 0 Å². The van der Waals surface area contributed by atoms with E-state index in [0.717, 1.165) is 17.3 Å². The number of imide groups is 1. The van der Waals surface area contributed by atoms with Crippen LogP contribution in [-0.2, 0) is 9.59 Å². The molecule has 2 N–H and O–H groups in total. The molecule has 3 fully saturated rings. The van der Waals surface area contributed by atoms with E-state index in [1.807, 2.05) is 6.92 Å². The number of hydrogen-bond donors (Lipinski definition) is 2. The zero-order valence-electron chi connectivity index (χ0n) is 15.7. The summed E-state index contributed by atoms with van der Waals surface area (Å²) in [5, 5.41) is 5.45. The lowest BCUT2D eigenvalue weighted by atomic mass is 9.75. The van der Waals surface area contributed by atoms with Crippen LogP contribution in [0.1, 0.15) is 33.1 Å². The molecule has 1 unspecified atom stereocenters. The second-order valence-corrected chi connectivity index (χ2v) is 8.49. The van der Waals surface area contributed by atoms with Gasteiger partial charge >= 0.3 is 6.03 Å². The minimum Gasteiger partial charge on any atom is -0.341 e. The highest BCUT2D eigenvalue weighted by Gasteiger charge is 2.55. The predicted octanol–water partition coefficient (Wildman–Crippen LogP) is 1.33. The molecule has 9 heteroatoms. The van der Waals surface area contributed by atoms with Gasteiger partial charge in [-0.1, -0.05) is 30.8 Å². The number of carbonyl (C=O) groups is 4. The van der Waals surface area contributed by atoms with Crippen molar-refractivity contribution in [2.45, 2.75) is 44.7 Å². The summed E-state index contributed by atoms with van der Waals surface area (Å²) in [6.45, 7) is 8.76. The summed E-state index contributed by atoms with van der Waals surface area (Å²) in [7, 11) is 0. The average Bonchev–Trinajstić information content (AvgIpc) is 3.18. The number of nitrogens with one attached hydrogen (secondary N) is 2. The molecule has 0 aliphatic carbocycles. The van der Waals surface area contributed by atoms with E-state index >= 15 is 0 Å². The highest BCUT2D eigenvalue weighted by atomic mass is 32.2. The third kappa shape index (κ3) is 3.56. The Kier molecular flexibility index (Phi) is 5.50. The zero-order chi connectivity index (χ0) is 19.8. The Morgan fingerprint density at radius 1 is 1.30 bits per heavy atom. The van der Waals surface area contributed by atoms with Crippen LogP contribution in [-0.4, -0.2) is 69.9 Å². The molecular formula is C18H26N4O4S. The summed E-state index contributed by atoms with van der Waals surface area (Å²) in [6, 6.07) is -0.827. The summed E-state index contributed by atoms with van der Waals surface area (Å²) < 4.78 is 0. The lowest BCUT2D eigenvalue weighted by Crippen LogP contribution is -2.57. The molecule has 148 valence electrons. The van der Waals surface area contributed by atoms with Crippen molar-refractivity contribution in [1.29, 1.82) is 0 Å². The van der Waals surface area contributed by atoms with Crippen molar-refractivity contribution in [3.63, 3.8) is 0 Å². The molecule has 0 radical (unpaired) electrons. The van der Waals surface area contributed by atoms with Crippen LogP contribution in [0.15, 0.2) is 12.2 Å². The maximum absolute atomic E-state index is 13.0. The molecule has 0 saturated carbocycles. The van der Waals surface area contributed by atoms with Crippen LogP contribution in [0, 0.1) is 5.92 Å². The van der Waals surface area contributed by atoms with Crippen molar-refractivity contribution in [2.75, 3.05) is 25.4 Å². The van der Waals surface area contributed by atoms with Gasteiger partial charge in [0.2, 0.25) is 5.91 Å². The Balaban J connectivity index is 1.66. The summed E-state index contributed by atoms with van der Waals surface area (Å²) in [6.07, 6.45) is 1.79. The van der Waals surface area contributed by atoms with E-state index < -0.39 is 11.6 Å². The third-order valence-electron chi connectivity index (χ3n) is 5.66. The van der Waals surface area contributed by atoms with Crippen molar-refractivity contribution in [2.24, 2.45) is 5.92 Å². The van der Waals surface area contributed by atoms with Gasteiger partial charge in [0.1, 0.15) is 11.6 Å². The predicted molar refractivity (Wildman–Crippen MR) is 102 cm³/mol. The minimum atomic E-state index is -0.904. The first-order chi connectivity index (χ1) is 12.8. The van der Waals surface area contributed by atoms with Gasteiger partial charge in [-0.25, -0.2) is 4.79 Å². The number of hydrogen-bond acceptors (Lipinski definition) is 5. The highest BCUT2D eigenvalue weighted by Crippen LogP contribution is 2.36. The van der Waals surface area contributed by atoms with Gasteiger partial charge in [-0.3, -0.25) is 19.3 Å². The van der Waals surface area contributed by atoms with E-state index in [4.69, 9.17) is 0 Å². The smallest absolute Gasteiger partial charge is 0.325 e. The Morgan fingerprint density at radius 3 is 2.48 bits per heavy atom. The number of rotatable bonds is 5. The van der Waals surface area contributed by atoms with Gasteiger partial charge in [0.05, 0.1) is 6.54 Å². The number of urea groups is 1. The molecule has 3 rings (SSSR count). The lowest BCUT2D eigenvalue weighted by molar-refractivity contribution is -0.136. The lowest BCUT2D eigenvalue weighted by Gasteiger charge is -2.41. The van der Waals surface area contributed by atoms with Crippen molar-refractivity contribution >= 4 is 34.8 Å². The number of nitrogens with zero attached hydrogens (tertiary/aromatic N) is 2. The summed E-state index contributed by atoms with van der Waals surface area (Å²) >= 11 is 1.12. The molecule has 3 heterocycles. The van der Waals surface area contributed by atoms with Crippen LogP contribution in [0.4, 0.5) is 9.59 Å². The third-order valence-corrected chi connectivity index (χ3v) is 6.54. The van der Waals surface area contributed by atoms with Crippen LogP contribution >= 0.6 is 11.8 Å². The Labute approximate surface area is 163 Å². The SMILES string of the molecule is C=C(C)CN1C(=O)NC(CC)(C2CCN(C(=O)[C@@H]3CSC(=O)N3)CC2)C1=O. The molecule has 0 bridgehead atoms. The zero-order valence-corrected chi connectivity index (χ0v) is 16.6. The Morgan fingerprint density at radius 2 is 1.96 bits per heavy atom. The Bertz CT molecular complexity index is 689. The minimum absolute atomic E-state index is 0.0225. The van der Waals surface area contributed by atoms with E-state index in [-0.39, 0.29) is 35.5 Å². The van der Waals surface area contributed by atoms with Crippen LogP contribution in [0.2, 0.25) is 0 Å². The maximum Gasteiger partial charge on any atom is 0.325 e. The van der Waals surface area contributed by atoms with Crippen molar-refractivity contribution < 1.29 is 19.2 Å². The summed E-state index contributed by atoms with van der Waals surface area (Å²) in [5.74, 6) is 0.178. The topological polar surface area (TPSA) is 98.8 Å². The quantitative estimate of drug-likeness (QED) is 0.541. The number of amides is 5. The fourth-order valence-corrected chi connectivity index (χ4v) is 4.96. The standard InChI is InChI=1S/C18H26N4O4S/c1-4-18(15(24)22(9-11(2)3)16(25)20-18)12-5-7-21(8-6-12)14(23)13-10-27-17(26)19-13/h12-13H,2,4-10H2,1,3H3,(H,19,26)(H,20,25)/t13-,18?/m0/s1. The average molecular weight is 394 g/mol. The fraction of sp³-hybridized carbons (Fsp3) is 0.667. The van der Waals surface area contributed by atoms with Crippen molar-refractivity contribution in [3.8, 4) is 0 Å². The van der Waals surface area contributed by atoms with Gasteiger partial charge in [0.25, 0.3) is 11.1 Å². The molecule has 27 heavy (non-hydrogen) atoms. The number of piperidine rings is 1. The van der Waals surface area contributed by atoms with Crippen molar-refractivity contribution in [1.82, 2.24) is 20.4 Å². The summed E-state index contributed by atoms with van der Waals surface area (Å²) in [5.41, 5.74) is -0.152. The Hall–Kier alpha value is -2.03. The van der Waals surface area contributed by atoms with Crippen LogP contribution in [0.5, 0.6) is 0 Å². The fourth-order valence-electron chi connectivity index (χ4n) is 4.19. The number of thioether (sulfide) groups is 1. The summed E-state index contributed by atoms with van der Waals surface area (Å²) in [4.78, 5) is 52.3. The molecule has 0 aromatic heterocycles. The molecule has 0 spiro atoms. The van der Waals surface area contributed by atoms with Gasteiger partial charge < -0.3 is 15.5 Å². The monoisotopic (exact) mass is 394 g/mol. The highest BCUT2D eigenvalue weighted by molar-refractivity contribution is 8.14. The van der Waals surface area contributed by atoms with Gasteiger partial charge in [-0.15, -0.1) is 0 Å². The van der Waals surface area contributed by atoms with Gasteiger partial charge in [-0.05, 0) is 32.1 Å². The van der Waals surface area contributed by atoms with E-state index in [1.54, 1.807) is 11.8 Å². The first-order valence-corrected chi connectivity index (χ1v) is 10.3. The van der Waals surface area contributed by atoms with Gasteiger partial charge in [0.15, 0.2) is 0 Å². The molecule has 2 atom stereocenters. The van der Waals surface area contributed by atoms with E-state index in [0.29, 0.717) is 38.1 Å². The largest absolute Gasteiger partial charge is 0.341 e. The molecule has 0 aromatic carbocycles. The van der Waals surface area contributed by atoms with Crippen LogP contribution in [0.25, 0.3) is 0 Å². The van der Waals surface area contributed by atoms with Crippen LogP contribution < -0.4 is 10.6 Å². The van der Waals surface area contributed by atoms with E-state index in [9.17, 15) is 19.2 Å². The van der Waals surface area contributed by atoms with E-state index in [2.05, 4.69) is 17.2 Å². The van der Waals surface area contributed by atoms with Gasteiger partial charge in [0, 0.05) is 18.8 Å². The first-order valence-electron chi connectivity index (χ1n) is 9.29. The molecule has 3 saturated heterocycles. The molecule has 0 aromatic rings. The molecule has 3 aliphatic rings. The second kappa shape index (κ2) is 7.53. The molecule has 8 nitrogen and oxygen atoms in total. The molecule has 3 aliphatic heterocycles. The number of likely N-dealkylation sites (tertiary alicyclic amines) is 1. The normalized spacial score (nSPS) is 29.1. The molecular weight excluding hydrogens is 368 g/mol. The second-order valence-electron chi connectivity index (χ2n) is 7.50. The van der Waals surface area contributed by atoms with Crippen molar-refractivity contribution in [3.05, 3.63) is 12.2 Å². The molecule has 5 amide bonds. The van der Waals surface area contributed by atoms with Crippen LogP contribution in [0.3, 0.4) is 0 Å². The number of carbonyl (C=O) groups excluding carboxylic acids is 4. The van der Waals surface area contributed by atoms with E-state index in [1.165, 1.54) is 4.90 Å². The first kappa shape index (κ1) is 19.7. The maximum atomic E-state index is 13.0.